The summed E-state index contributed by atoms with van der Waals surface area (Å²) < 4.78 is 5.35. The summed E-state index contributed by atoms with van der Waals surface area (Å²) in [5.74, 6) is -0.0928. The van der Waals surface area contributed by atoms with E-state index in [2.05, 4.69) is 45.0 Å². The zero-order chi connectivity index (χ0) is 15.4. The van der Waals surface area contributed by atoms with Crippen LogP contribution in [0.1, 0.15) is 51.6 Å². The number of thiophene rings is 2. The largest absolute Gasteiger partial charge is 0.465 e. The van der Waals surface area contributed by atoms with Crippen molar-refractivity contribution in [3.8, 4) is 0 Å². The Morgan fingerprint density at radius 3 is 2.05 bits per heavy atom. The third kappa shape index (κ3) is 3.74. The lowest BCUT2D eigenvalue weighted by atomic mass is 9.87. The van der Waals surface area contributed by atoms with Gasteiger partial charge in [0, 0.05) is 25.4 Å². The average Bonchev–Trinajstić information content (AvgIpc) is 3.05. The van der Waals surface area contributed by atoms with Crippen molar-refractivity contribution >= 4 is 28.6 Å². The lowest BCUT2D eigenvalue weighted by Gasteiger charge is -2.23. The molecule has 2 nitrogen and oxygen atoms in total. The van der Waals surface area contributed by atoms with E-state index >= 15 is 0 Å². The molecule has 2 heterocycles. The molecule has 2 aromatic rings. The van der Waals surface area contributed by atoms with E-state index < -0.39 is 0 Å². The second kappa shape index (κ2) is 7.23. The third-order valence-electron chi connectivity index (χ3n) is 3.58. The maximum absolute atomic E-state index is 12.5. The van der Waals surface area contributed by atoms with E-state index in [4.69, 9.17) is 4.74 Å². The van der Waals surface area contributed by atoms with Crippen LogP contribution in [-0.2, 0) is 9.53 Å². The number of carbonyl (C=O) groups excluding carboxylic acids is 1. The van der Waals surface area contributed by atoms with Gasteiger partial charge in [0.05, 0.1) is 12.5 Å². The predicted octanol–water partition coefficient (Wildman–Crippen LogP) is 5.27. The van der Waals surface area contributed by atoms with Gasteiger partial charge in [0.25, 0.3) is 0 Å². The van der Waals surface area contributed by atoms with E-state index in [0.29, 0.717) is 6.61 Å². The summed E-state index contributed by atoms with van der Waals surface area (Å²) in [6.45, 7) is 8.62. The van der Waals surface area contributed by atoms with Crippen LogP contribution in [0.2, 0.25) is 0 Å². The molecule has 0 bridgehead atoms. The summed E-state index contributed by atoms with van der Waals surface area (Å²) in [6, 6.07) is 8.44. The van der Waals surface area contributed by atoms with Crippen LogP contribution in [0.4, 0.5) is 0 Å². The molecule has 0 fully saturated rings. The molecule has 2 atom stereocenters. The van der Waals surface area contributed by atoms with Crippen LogP contribution >= 0.6 is 22.7 Å². The number of carbonyl (C=O) groups is 1. The molecule has 0 amide bonds. The molecule has 0 aliphatic heterocycles. The minimum Gasteiger partial charge on any atom is -0.465 e. The highest BCUT2D eigenvalue weighted by molar-refractivity contribution is 7.12. The third-order valence-corrected chi connectivity index (χ3v) is 5.79. The fraction of sp³-hybridized carbons (Fsp3) is 0.471. The molecule has 0 aliphatic rings. The van der Waals surface area contributed by atoms with Crippen LogP contribution in [0.3, 0.4) is 0 Å². The topological polar surface area (TPSA) is 26.3 Å². The van der Waals surface area contributed by atoms with E-state index in [1.807, 2.05) is 6.92 Å². The first-order valence-electron chi connectivity index (χ1n) is 7.36. The summed E-state index contributed by atoms with van der Waals surface area (Å²) in [4.78, 5) is 17.4. The van der Waals surface area contributed by atoms with E-state index in [0.717, 1.165) is 11.3 Å². The molecule has 2 aromatic heterocycles. The molecule has 0 aliphatic carbocycles. The Labute approximate surface area is 134 Å². The Bertz CT molecular complexity index is 597. The molecule has 21 heavy (non-hydrogen) atoms. The van der Waals surface area contributed by atoms with Crippen LogP contribution < -0.4 is 0 Å². The first-order valence-corrected chi connectivity index (χ1v) is 8.99. The SMILES string of the molecule is CCOC(=O)C(c1ccc(C)s1)C(CC)c1ccc(C)s1. The van der Waals surface area contributed by atoms with Gasteiger partial charge in [-0.25, -0.2) is 0 Å². The minimum atomic E-state index is -0.188. The van der Waals surface area contributed by atoms with Crippen molar-refractivity contribution in [3.05, 3.63) is 43.8 Å². The minimum absolute atomic E-state index is 0.0998. The number of ether oxygens (including phenoxy) is 1. The zero-order valence-electron chi connectivity index (χ0n) is 13.0. The van der Waals surface area contributed by atoms with Gasteiger partial charge in [0.15, 0.2) is 0 Å². The highest BCUT2D eigenvalue weighted by Crippen LogP contribution is 2.41. The summed E-state index contributed by atoms with van der Waals surface area (Å²) in [6.07, 6.45) is 0.931. The van der Waals surface area contributed by atoms with Crippen LogP contribution in [0.25, 0.3) is 0 Å². The lowest BCUT2D eigenvalue weighted by molar-refractivity contribution is -0.145. The van der Waals surface area contributed by atoms with Crippen LogP contribution in [0, 0.1) is 13.8 Å². The van der Waals surface area contributed by atoms with Gasteiger partial charge in [-0.05, 0) is 51.5 Å². The van der Waals surface area contributed by atoms with E-state index in [1.165, 1.54) is 14.6 Å². The summed E-state index contributed by atoms with van der Waals surface area (Å²) in [5.41, 5.74) is 0. The van der Waals surface area contributed by atoms with Crippen molar-refractivity contribution in [2.24, 2.45) is 0 Å². The lowest BCUT2D eigenvalue weighted by Crippen LogP contribution is -2.21. The van der Waals surface area contributed by atoms with Crippen molar-refractivity contribution < 1.29 is 9.53 Å². The van der Waals surface area contributed by atoms with Crippen LogP contribution in [-0.4, -0.2) is 12.6 Å². The van der Waals surface area contributed by atoms with Gasteiger partial charge < -0.3 is 4.74 Å². The molecule has 0 saturated carbocycles. The first-order chi connectivity index (χ1) is 10.1. The maximum atomic E-state index is 12.5. The fourth-order valence-corrected chi connectivity index (χ4v) is 4.71. The molecule has 0 saturated heterocycles. The highest BCUT2D eigenvalue weighted by Gasteiger charge is 2.33. The Kier molecular flexibility index (Phi) is 5.59. The fourth-order valence-electron chi connectivity index (χ4n) is 2.59. The summed E-state index contributed by atoms with van der Waals surface area (Å²) in [5, 5.41) is 0. The molecule has 0 radical (unpaired) electrons. The van der Waals surface area contributed by atoms with Gasteiger partial charge in [-0.15, -0.1) is 22.7 Å². The van der Waals surface area contributed by atoms with Gasteiger partial charge in [0.2, 0.25) is 0 Å². The van der Waals surface area contributed by atoms with Crippen molar-refractivity contribution in [2.45, 2.75) is 46.0 Å². The van der Waals surface area contributed by atoms with E-state index in [9.17, 15) is 4.79 Å². The monoisotopic (exact) mass is 322 g/mol. The number of hydrogen-bond donors (Lipinski definition) is 0. The molecular weight excluding hydrogens is 300 g/mol. The number of hydrogen-bond acceptors (Lipinski definition) is 4. The van der Waals surface area contributed by atoms with E-state index in [1.54, 1.807) is 22.7 Å². The number of rotatable bonds is 6. The van der Waals surface area contributed by atoms with Crippen LogP contribution in [0.15, 0.2) is 24.3 Å². The predicted molar refractivity (Wildman–Crippen MR) is 90.5 cm³/mol. The van der Waals surface area contributed by atoms with Gasteiger partial charge in [-0.1, -0.05) is 6.92 Å². The number of esters is 1. The first kappa shape index (κ1) is 16.2. The normalized spacial score (nSPS) is 13.9. The Hall–Kier alpha value is -1.13. The molecule has 4 heteroatoms. The Balaban J connectivity index is 2.39. The maximum Gasteiger partial charge on any atom is 0.314 e. The van der Waals surface area contributed by atoms with Crippen molar-refractivity contribution in [3.63, 3.8) is 0 Å². The smallest absolute Gasteiger partial charge is 0.314 e. The van der Waals surface area contributed by atoms with Gasteiger partial charge in [0.1, 0.15) is 0 Å². The van der Waals surface area contributed by atoms with Crippen molar-refractivity contribution in [1.82, 2.24) is 0 Å². The second-order valence-electron chi connectivity index (χ2n) is 5.14. The highest BCUT2D eigenvalue weighted by atomic mass is 32.1. The molecule has 2 unspecified atom stereocenters. The molecule has 114 valence electrons. The quantitative estimate of drug-likeness (QED) is 0.677. The van der Waals surface area contributed by atoms with E-state index in [-0.39, 0.29) is 17.8 Å². The molecule has 2 rings (SSSR count). The molecule has 0 N–H and O–H groups in total. The van der Waals surface area contributed by atoms with Crippen molar-refractivity contribution in [2.75, 3.05) is 6.61 Å². The summed E-state index contributed by atoms with van der Waals surface area (Å²) in [7, 11) is 0. The standard InChI is InChI=1S/C17H22O2S2/c1-5-13(14-9-7-11(3)20-14)16(17(18)19-6-2)15-10-8-12(4)21-15/h7-10,13,16H,5-6H2,1-4H3. The van der Waals surface area contributed by atoms with Crippen molar-refractivity contribution in [1.29, 1.82) is 0 Å². The molecule has 0 spiro atoms. The van der Waals surface area contributed by atoms with Gasteiger partial charge in [-0.2, -0.15) is 0 Å². The Morgan fingerprint density at radius 2 is 1.62 bits per heavy atom. The molecular formula is C17H22O2S2. The molecule has 0 aromatic carbocycles. The number of aryl methyl sites for hydroxylation is 2. The Morgan fingerprint density at radius 1 is 1.05 bits per heavy atom. The summed E-state index contributed by atoms with van der Waals surface area (Å²) >= 11 is 3.48. The van der Waals surface area contributed by atoms with Gasteiger partial charge >= 0.3 is 5.97 Å². The van der Waals surface area contributed by atoms with Crippen LogP contribution in [0.5, 0.6) is 0 Å². The second-order valence-corrected chi connectivity index (χ2v) is 7.78. The average molecular weight is 322 g/mol. The van der Waals surface area contributed by atoms with Gasteiger partial charge in [-0.3, -0.25) is 4.79 Å². The zero-order valence-corrected chi connectivity index (χ0v) is 14.6.